The van der Waals surface area contributed by atoms with E-state index in [0.717, 1.165) is 6.08 Å². The fraction of sp³-hybridized carbons (Fsp3) is 0.333. The second kappa shape index (κ2) is 7.36. The van der Waals surface area contributed by atoms with E-state index in [0.29, 0.717) is 12.0 Å². The maximum atomic E-state index is 12.9. The summed E-state index contributed by atoms with van der Waals surface area (Å²) < 4.78 is 40.2. The highest BCUT2D eigenvalue weighted by Crippen LogP contribution is 2.11. The summed E-state index contributed by atoms with van der Waals surface area (Å²) in [6, 6.07) is 5.21. The van der Waals surface area contributed by atoms with Crippen molar-refractivity contribution in [1.29, 1.82) is 0 Å². The van der Waals surface area contributed by atoms with Gasteiger partial charge < -0.3 is 10.1 Å². The second-order valence-electron chi connectivity index (χ2n) is 5.16. The predicted molar refractivity (Wildman–Crippen MR) is 81.6 cm³/mol. The highest BCUT2D eigenvalue weighted by atomic mass is 32.2. The first-order valence-electron chi connectivity index (χ1n) is 6.94. The Kier molecular flexibility index (Phi) is 5.49. The molecular formula is C15H16FNO5S. The average molecular weight is 341 g/mol. The first-order chi connectivity index (χ1) is 10.8. The zero-order valence-corrected chi connectivity index (χ0v) is 13.0. The molecule has 0 spiro atoms. The van der Waals surface area contributed by atoms with Gasteiger partial charge in [-0.1, -0.05) is 12.1 Å². The third-order valence-corrected chi connectivity index (χ3v) is 4.97. The van der Waals surface area contributed by atoms with Crippen LogP contribution >= 0.6 is 0 Å². The van der Waals surface area contributed by atoms with Crippen molar-refractivity contribution >= 4 is 27.8 Å². The van der Waals surface area contributed by atoms with Crippen molar-refractivity contribution in [2.24, 2.45) is 0 Å². The molecule has 1 aromatic carbocycles. The van der Waals surface area contributed by atoms with Crippen molar-refractivity contribution in [3.05, 3.63) is 41.7 Å². The van der Waals surface area contributed by atoms with E-state index >= 15 is 0 Å². The fourth-order valence-corrected chi connectivity index (χ4v) is 3.81. The summed E-state index contributed by atoms with van der Waals surface area (Å²) in [5, 5.41) is 2.50. The van der Waals surface area contributed by atoms with E-state index < -0.39 is 40.2 Å². The van der Waals surface area contributed by atoms with Gasteiger partial charge in [-0.05, 0) is 30.2 Å². The molecule has 1 saturated heterocycles. The zero-order chi connectivity index (χ0) is 16.9. The molecule has 1 aliphatic rings. The monoisotopic (exact) mass is 341 g/mol. The number of amides is 1. The molecule has 1 amide bonds. The first-order valence-corrected chi connectivity index (χ1v) is 8.76. The lowest BCUT2D eigenvalue weighted by Crippen LogP contribution is -2.38. The Morgan fingerprint density at radius 1 is 1.39 bits per heavy atom. The van der Waals surface area contributed by atoms with E-state index in [1.165, 1.54) is 24.3 Å². The largest absolute Gasteiger partial charge is 0.452 e. The summed E-state index contributed by atoms with van der Waals surface area (Å²) in [5.74, 6) is -1.77. The number of sulfone groups is 1. The maximum Gasteiger partial charge on any atom is 0.331 e. The van der Waals surface area contributed by atoms with Gasteiger partial charge in [-0.15, -0.1) is 0 Å². The lowest BCUT2D eigenvalue weighted by molar-refractivity contribution is -0.143. The summed E-state index contributed by atoms with van der Waals surface area (Å²) in [6.45, 7) is -0.497. The Balaban J connectivity index is 1.75. The van der Waals surface area contributed by atoms with Crippen molar-refractivity contribution in [2.45, 2.75) is 12.5 Å². The minimum Gasteiger partial charge on any atom is -0.452 e. The van der Waals surface area contributed by atoms with Gasteiger partial charge in [0.15, 0.2) is 16.4 Å². The van der Waals surface area contributed by atoms with Crippen molar-refractivity contribution < 1.29 is 27.1 Å². The van der Waals surface area contributed by atoms with Crippen LogP contribution in [-0.4, -0.2) is 44.4 Å². The lowest BCUT2D eigenvalue weighted by atomic mass is 10.2. The smallest absolute Gasteiger partial charge is 0.331 e. The number of esters is 1. The Morgan fingerprint density at radius 3 is 2.83 bits per heavy atom. The molecule has 1 fully saturated rings. The number of rotatable bonds is 5. The number of halogens is 1. The summed E-state index contributed by atoms with van der Waals surface area (Å²) in [7, 11) is -3.08. The Bertz CT molecular complexity index is 729. The van der Waals surface area contributed by atoms with Crippen LogP contribution in [0.15, 0.2) is 30.3 Å². The Morgan fingerprint density at radius 2 is 2.17 bits per heavy atom. The third-order valence-electron chi connectivity index (χ3n) is 3.20. The van der Waals surface area contributed by atoms with Crippen molar-refractivity contribution in [1.82, 2.24) is 5.32 Å². The van der Waals surface area contributed by atoms with Gasteiger partial charge in [0.2, 0.25) is 0 Å². The second-order valence-corrected chi connectivity index (χ2v) is 7.39. The topological polar surface area (TPSA) is 89.5 Å². The number of carbonyl (C=O) groups is 2. The molecule has 1 aliphatic heterocycles. The Labute approximate surface area is 133 Å². The van der Waals surface area contributed by atoms with Gasteiger partial charge in [-0.3, -0.25) is 4.79 Å². The summed E-state index contributed by atoms with van der Waals surface area (Å²) in [5.41, 5.74) is 0.488. The molecule has 1 N–H and O–H groups in total. The predicted octanol–water partition coefficient (Wildman–Crippen LogP) is 0.685. The minimum absolute atomic E-state index is 0.0497. The quantitative estimate of drug-likeness (QED) is 0.628. The SMILES string of the molecule is O=C(COC(=O)/C=C/c1cccc(F)c1)N[C@H]1CCS(=O)(=O)C1. The normalized spacial score (nSPS) is 19.6. The third kappa shape index (κ3) is 5.82. The van der Waals surface area contributed by atoms with Crippen LogP contribution in [0.4, 0.5) is 4.39 Å². The standard InChI is InChI=1S/C15H16FNO5S/c16-12-3-1-2-11(8-12)4-5-15(19)22-9-14(18)17-13-6-7-23(20,21)10-13/h1-5,8,13H,6-7,9-10H2,(H,17,18)/b5-4+/t13-/m0/s1. The molecule has 124 valence electrons. The molecular weight excluding hydrogens is 325 g/mol. The molecule has 0 bridgehead atoms. The van der Waals surface area contributed by atoms with E-state index in [4.69, 9.17) is 4.74 Å². The average Bonchev–Trinajstić information content (AvgIpc) is 2.82. The van der Waals surface area contributed by atoms with Crippen LogP contribution in [0.25, 0.3) is 6.08 Å². The molecule has 1 heterocycles. The van der Waals surface area contributed by atoms with Crippen LogP contribution in [0.1, 0.15) is 12.0 Å². The van der Waals surface area contributed by atoms with Crippen molar-refractivity contribution in [2.75, 3.05) is 18.1 Å². The number of nitrogens with one attached hydrogen (secondary N) is 1. The van der Waals surface area contributed by atoms with Crippen LogP contribution in [0, 0.1) is 5.82 Å². The number of carbonyl (C=O) groups excluding carboxylic acids is 2. The van der Waals surface area contributed by atoms with Crippen LogP contribution in [0.5, 0.6) is 0 Å². The molecule has 23 heavy (non-hydrogen) atoms. The molecule has 1 aromatic rings. The molecule has 1 atom stereocenters. The van der Waals surface area contributed by atoms with Crippen LogP contribution in [-0.2, 0) is 24.2 Å². The van der Waals surface area contributed by atoms with Crippen LogP contribution < -0.4 is 5.32 Å². The fourth-order valence-electron chi connectivity index (χ4n) is 2.14. The molecule has 0 unspecified atom stereocenters. The van der Waals surface area contributed by atoms with Crippen molar-refractivity contribution in [3.63, 3.8) is 0 Å². The molecule has 0 radical (unpaired) electrons. The highest BCUT2D eigenvalue weighted by molar-refractivity contribution is 7.91. The van der Waals surface area contributed by atoms with E-state index in [1.807, 2.05) is 0 Å². The van der Waals surface area contributed by atoms with Gasteiger partial charge in [-0.25, -0.2) is 17.6 Å². The molecule has 0 aromatic heterocycles. The van der Waals surface area contributed by atoms with Gasteiger partial charge in [0.05, 0.1) is 11.5 Å². The summed E-state index contributed by atoms with van der Waals surface area (Å²) in [6.07, 6.45) is 2.82. The van der Waals surface area contributed by atoms with Crippen LogP contribution in [0.3, 0.4) is 0 Å². The van der Waals surface area contributed by atoms with Gasteiger partial charge in [0.1, 0.15) is 5.82 Å². The van der Waals surface area contributed by atoms with E-state index in [2.05, 4.69) is 5.32 Å². The number of benzene rings is 1. The number of hydrogen-bond donors (Lipinski definition) is 1. The molecule has 0 saturated carbocycles. The van der Waals surface area contributed by atoms with E-state index in [1.54, 1.807) is 6.07 Å². The molecule has 2 rings (SSSR count). The molecule has 6 nitrogen and oxygen atoms in total. The highest BCUT2D eigenvalue weighted by Gasteiger charge is 2.28. The van der Waals surface area contributed by atoms with Gasteiger partial charge >= 0.3 is 5.97 Å². The van der Waals surface area contributed by atoms with E-state index in [9.17, 15) is 22.4 Å². The molecule has 0 aliphatic carbocycles. The molecule has 8 heteroatoms. The van der Waals surface area contributed by atoms with Gasteiger partial charge in [-0.2, -0.15) is 0 Å². The van der Waals surface area contributed by atoms with E-state index in [-0.39, 0.29) is 11.5 Å². The minimum atomic E-state index is -3.08. The van der Waals surface area contributed by atoms with Crippen molar-refractivity contribution in [3.8, 4) is 0 Å². The first kappa shape index (κ1) is 17.1. The Hall–Kier alpha value is -2.22. The summed E-state index contributed by atoms with van der Waals surface area (Å²) >= 11 is 0. The van der Waals surface area contributed by atoms with Gasteiger partial charge in [0, 0.05) is 12.1 Å². The zero-order valence-electron chi connectivity index (χ0n) is 12.2. The number of ether oxygens (including phenoxy) is 1. The lowest BCUT2D eigenvalue weighted by Gasteiger charge is -2.10. The van der Waals surface area contributed by atoms with Gasteiger partial charge in [0.25, 0.3) is 5.91 Å². The number of hydrogen-bond acceptors (Lipinski definition) is 5. The van der Waals surface area contributed by atoms with Crippen LogP contribution in [0.2, 0.25) is 0 Å². The summed E-state index contributed by atoms with van der Waals surface area (Å²) in [4.78, 5) is 23.0. The maximum absolute atomic E-state index is 12.9.